The van der Waals surface area contributed by atoms with Crippen molar-refractivity contribution < 1.29 is 4.79 Å². The van der Waals surface area contributed by atoms with Gasteiger partial charge in [-0.2, -0.15) is 0 Å². The fourth-order valence-corrected chi connectivity index (χ4v) is 4.10. The third-order valence-electron chi connectivity index (χ3n) is 4.30. The predicted octanol–water partition coefficient (Wildman–Crippen LogP) is 4.47. The number of nitrogens with zero attached hydrogens (tertiary/aromatic N) is 3. The molecule has 0 radical (unpaired) electrons. The van der Waals surface area contributed by atoms with Crippen LogP contribution in [0.3, 0.4) is 0 Å². The molecule has 0 spiro atoms. The van der Waals surface area contributed by atoms with Gasteiger partial charge in [0.05, 0.1) is 26.7 Å². The minimum Gasteiger partial charge on any atom is -0.341 e. The first-order valence-electron chi connectivity index (χ1n) is 8.71. The normalized spacial score (nSPS) is 11.0. The van der Waals surface area contributed by atoms with Crippen molar-refractivity contribution in [3.8, 4) is 0 Å². The third kappa shape index (κ3) is 4.51. The van der Waals surface area contributed by atoms with E-state index in [0.29, 0.717) is 39.2 Å². The van der Waals surface area contributed by atoms with Gasteiger partial charge in [-0.25, -0.2) is 4.98 Å². The first kappa shape index (κ1) is 20.7. The van der Waals surface area contributed by atoms with E-state index < -0.39 is 0 Å². The Balaban J connectivity index is 1.73. The number of carbonyl (C=O) groups excluding carboxylic acids is 1. The molecule has 8 heteroatoms. The SMILES string of the molecule is CCn1c(SCC(=O)N(C)Cc2ccc(Cl)c(Cl)c2)nc2ccccc2c1=O. The lowest BCUT2D eigenvalue weighted by atomic mass is 10.2. The van der Waals surface area contributed by atoms with Crippen LogP contribution in [-0.4, -0.2) is 33.2 Å². The number of amides is 1. The molecule has 3 aromatic rings. The first-order valence-corrected chi connectivity index (χ1v) is 10.4. The van der Waals surface area contributed by atoms with Crippen molar-refractivity contribution in [3.05, 3.63) is 68.4 Å². The summed E-state index contributed by atoms with van der Waals surface area (Å²) in [4.78, 5) is 31.4. The van der Waals surface area contributed by atoms with Crippen LogP contribution in [0.4, 0.5) is 0 Å². The van der Waals surface area contributed by atoms with Crippen LogP contribution in [0.1, 0.15) is 12.5 Å². The Kier molecular flexibility index (Phi) is 6.65. The fourth-order valence-electron chi connectivity index (χ4n) is 2.77. The van der Waals surface area contributed by atoms with E-state index in [1.165, 1.54) is 11.8 Å². The van der Waals surface area contributed by atoms with Gasteiger partial charge in [0.2, 0.25) is 5.91 Å². The number of carbonyl (C=O) groups is 1. The molecule has 28 heavy (non-hydrogen) atoms. The van der Waals surface area contributed by atoms with Crippen molar-refractivity contribution in [2.24, 2.45) is 0 Å². The van der Waals surface area contributed by atoms with Crippen LogP contribution in [0, 0.1) is 0 Å². The molecule has 0 atom stereocenters. The molecule has 0 N–H and O–H groups in total. The minimum absolute atomic E-state index is 0.0684. The highest BCUT2D eigenvalue weighted by Gasteiger charge is 2.15. The molecule has 0 saturated carbocycles. The lowest BCUT2D eigenvalue weighted by molar-refractivity contribution is -0.127. The van der Waals surface area contributed by atoms with Gasteiger partial charge in [0.15, 0.2) is 5.16 Å². The number of thioether (sulfide) groups is 1. The molecule has 1 aromatic heterocycles. The molecule has 0 aliphatic rings. The topological polar surface area (TPSA) is 55.2 Å². The summed E-state index contributed by atoms with van der Waals surface area (Å²) >= 11 is 13.2. The van der Waals surface area contributed by atoms with E-state index in [0.717, 1.165) is 5.56 Å². The van der Waals surface area contributed by atoms with E-state index in [-0.39, 0.29) is 17.2 Å². The molecule has 3 rings (SSSR count). The minimum atomic E-state index is -0.0905. The maximum Gasteiger partial charge on any atom is 0.262 e. The molecular weight excluding hydrogens is 417 g/mol. The van der Waals surface area contributed by atoms with Crippen LogP contribution in [0.5, 0.6) is 0 Å². The summed E-state index contributed by atoms with van der Waals surface area (Å²) in [5.41, 5.74) is 1.44. The molecule has 0 fully saturated rings. The van der Waals surface area contributed by atoms with E-state index >= 15 is 0 Å². The van der Waals surface area contributed by atoms with E-state index in [1.54, 1.807) is 40.8 Å². The van der Waals surface area contributed by atoms with Crippen LogP contribution in [0.2, 0.25) is 10.0 Å². The van der Waals surface area contributed by atoms with Crippen LogP contribution in [-0.2, 0) is 17.9 Å². The monoisotopic (exact) mass is 435 g/mol. The average Bonchev–Trinajstić information content (AvgIpc) is 2.69. The number of hydrogen-bond donors (Lipinski definition) is 0. The lowest BCUT2D eigenvalue weighted by Gasteiger charge is -2.18. The standard InChI is InChI=1S/C20H19Cl2N3O2S/c1-3-25-19(27)14-6-4-5-7-17(14)23-20(25)28-12-18(26)24(2)11-13-8-9-15(21)16(22)10-13/h4-10H,3,11-12H2,1-2H3. The summed E-state index contributed by atoms with van der Waals surface area (Å²) < 4.78 is 1.60. The summed E-state index contributed by atoms with van der Waals surface area (Å²) in [5, 5.41) is 2.07. The number of fused-ring (bicyclic) bond motifs is 1. The number of halogens is 2. The van der Waals surface area contributed by atoms with Crippen molar-refractivity contribution in [1.82, 2.24) is 14.5 Å². The highest BCUT2D eigenvalue weighted by atomic mass is 35.5. The zero-order valence-corrected chi connectivity index (χ0v) is 17.8. The smallest absolute Gasteiger partial charge is 0.262 e. The summed E-state index contributed by atoms with van der Waals surface area (Å²) in [6.45, 7) is 2.80. The Hall–Kier alpha value is -2.02. The zero-order chi connectivity index (χ0) is 20.3. The van der Waals surface area contributed by atoms with Gasteiger partial charge >= 0.3 is 0 Å². The van der Waals surface area contributed by atoms with Gasteiger partial charge in [-0.3, -0.25) is 14.2 Å². The van der Waals surface area contributed by atoms with E-state index in [9.17, 15) is 9.59 Å². The molecule has 146 valence electrons. The van der Waals surface area contributed by atoms with Gasteiger partial charge in [0.1, 0.15) is 0 Å². The van der Waals surface area contributed by atoms with Crippen molar-refractivity contribution in [1.29, 1.82) is 0 Å². The second-order valence-electron chi connectivity index (χ2n) is 6.25. The summed E-state index contributed by atoms with van der Waals surface area (Å²) in [6.07, 6.45) is 0. The lowest BCUT2D eigenvalue weighted by Crippen LogP contribution is -2.28. The van der Waals surface area contributed by atoms with Gasteiger partial charge in [0.25, 0.3) is 5.56 Å². The number of benzene rings is 2. The van der Waals surface area contributed by atoms with Crippen LogP contribution in [0.25, 0.3) is 10.9 Å². The highest BCUT2D eigenvalue weighted by Crippen LogP contribution is 2.23. The average molecular weight is 436 g/mol. The van der Waals surface area contributed by atoms with E-state index in [2.05, 4.69) is 4.98 Å². The van der Waals surface area contributed by atoms with E-state index in [4.69, 9.17) is 23.2 Å². The van der Waals surface area contributed by atoms with Crippen LogP contribution in [0.15, 0.2) is 52.4 Å². The second kappa shape index (κ2) is 8.99. The van der Waals surface area contributed by atoms with Gasteiger partial charge in [0, 0.05) is 20.1 Å². The maximum atomic E-state index is 12.7. The third-order valence-corrected chi connectivity index (χ3v) is 6.00. The molecule has 0 aliphatic heterocycles. The van der Waals surface area contributed by atoms with Crippen molar-refractivity contribution >= 4 is 51.8 Å². The van der Waals surface area contributed by atoms with Gasteiger partial charge in [-0.15, -0.1) is 0 Å². The molecule has 2 aromatic carbocycles. The van der Waals surface area contributed by atoms with Crippen molar-refractivity contribution in [2.75, 3.05) is 12.8 Å². The number of aromatic nitrogens is 2. The Morgan fingerprint density at radius 1 is 1.18 bits per heavy atom. The molecule has 0 unspecified atom stereocenters. The predicted molar refractivity (Wildman–Crippen MR) is 115 cm³/mol. The second-order valence-corrected chi connectivity index (χ2v) is 8.00. The molecule has 0 saturated heterocycles. The molecule has 0 bridgehead atoms. The number of rotatable bonds is 6. The highest BCUT2D eigenvalue weighted by molar-refractivity contribution is 7.99. The summed E-state index contributed by atoms with van der Waals surface area (Å²) in [5.74, 6) is 0.115. The Bertz CT molecular complexity index is 1080. The molecule has 1 heterocycles. The fraction of sp³-hybridized carbons (Fsp3) is 0.250. The van der Waals surface area contributed by atoms with Crippen molar-refractivity contribution in [2.45, 2.75) is 25.2 Å². The summed E-state index contributed by atoms with van der Waals surface area (Å²) in [7, 11) is 1.73. The zero-order valence-electron chi connectivity index (χ0n) is 15.5. The Labute approximate surface area is 177 Å². The maximum absolute atomic E-state index is 12.7. The largest absolute Gasteiger partial charge is 0.341 e. The molecule has 0 aliphatic carbocycles. The van der Waals surface area contributed by atoms with E-state index in [1.807, 2.05) is 25.1 Å². The van der Waals surface area contributed by atoms with Crippen LogP contribution < -0.4 is 5.56 Å². The van der Waals surface area contributed by atoms with Gasteiger partial charge in [-0.05, 0) is 36.8 Å². The van der Waals surface area contributed by atoms with Gasteiger partial charge < -0.3 is 4.90 Å². The molecule has 5 nitrogen and oxygen atoms in total. The van der Waals surface area contributed by atoms with Crippen molar-refractivity contribution in [3.63, 3.8) is 0 Å². The molecule has 1 amide bonds. The first-order chi connectivity index (χ1) is 13.4. The van der Waals surface area contributed by atoms with Crippen LogP contribution >= 0.6 is 35.0 Å². The Morgan fingerprint density at radius 2 is 1.93 bits per heavy atom. The van der Waals surface area contributed by atoms with Gasteiger partial charge in [-0.1, -0.05) is 53.2 Å². The Morgan fingerprint density at radius 3 is 2.64 bits per heavy atom. The molecular formula is C20H19Cl2N3O2S. The number of hydrogen-bond acceptors (Lipinski definition) is 4. The summed E-state index contributed by atoms with van der Waals surface area (Å²) in [6, 6.07) is 12.5. The quantitative estimate of drug-likeness (QED) is 0.423. The number of para-hydroxylation sites is 1.